The van der Waals surface area contributed by atoms with Crippen LogP contribution in [0.3, 0.4) is 0 Å². The minimum Gasteiger partial charge on any atom is -0.497 e. The molecule has 0 bridgehead atoms. The molecule has 1 aliphatic rings. The minimum atomic E-state index is -0.264. The summed E-state index contributed by atoms with van der Waals surface area (Å²) in [6.07, 6.45) is 1.47. The molecule has 1 heterocycles. The zero-order chi connectivity index (χ0) is 20.8. The van der Waals surface area contributed by atoms with Crippen LogP contribution in [0.5, 0.6) is 5.75 Å². The number of hydrogen-bond donors (Lipinski definition) is 1. The Labute approximate surface area is 170 Å². The highest BCUT2D eigenvalue weighted by Crippen LogP contribution is 2.23. The van der Waals surface area contributed by atoms with Gasteiger partial charge in [-0.25, -0.2) is 4.39 Å². The van der Waals surface area contributed by atoms with E-state index in [4.69, 9.17) is 4.74 Å². The lowest BCUT2D eigenvalue weighted by Crippen LogP contribution is -2.42. The van der Waals surface area contributed by atoms with Crippen molar-refractivity contribution < 1.29 is 18.7 Å². The van der Waals surface area contributed by atoms with Crippen molar-refractivity contribution in [3.05, 3.63) is 65.0 Å². The molecule has 0 aromatic heterocycles. The van der Waals surface area contributed by atoms with Gasteiger partial charge in [-0.2, -0.15) is 0 Å². The van der Waals surface area contributed by atoms with E-state index in [-0.39, 0.29) is 30.0 Å². The van der Waals surface area contributed by atoms with Crippen LogP contribution < -0.4 is 10.1 Å². The van der Waals surface area contributed by atoms with Crippen LogP contribution in [0.25, 0.3) is 0 Å². The first-order valence-electron chi connectivity index (χ1n) is 9.88. The maximum Gasteiger partial charge on any atom is 0.234 e. The Morgan fingerprint density at radius 2 is 1.83 bits per heavy atom. The first kappa shape index (κ1) is 21.0. The van der Waals surface area contributed by atoms with Gasteiger partial charge < -0.3 is 10.1 Å². The van der Waals surface area contributed by atoms with Crippen molar-refractivity contribution in [1.29, 1.82) is 0 Å². The third-order valence-electron chi connectivity index (χ3n) is 5.43. The molecule has 3 rings (SSSR count). The lowest BCUT2D eigenvalue weighted by atomic mass is 9.89. The highest BCUT2D eigenvalue weighted by atomic mass is 19.1. The van der Waals surface area contributed by atoms with Crippen molar-refractivity contribution in [3.8, 4) is 5.75 Å². The average molecular weight is 398 g/mol. The largest absolute Gasteiger partial charge is 0.497 e. The monoisotopic (exact) mass is 398 g/mol. The predicted molar refractivity (Wildman–Crippen MR) is 109 cm³/mol. The normalized spacial score (nSPS) is 15.1. The van der Waals surface area contributed by atoms with E-state index in [0.717, 1.165) is 24.2 Å². The molecule has 0 saturated carbocycles. The number of halogens is 1. The Morgan fingerprint density at radius 3 is 2.45 bits per heavy atom. The van der Waals surface area contributed by atoms with Gasteiger partial charge in [-0.05, 0) is 74.3 Å². The van der Waals surface area contributed by atoms with Crippen LogP contribution in [0.2, 0.25) is 0 Å². The van der Waals surface area contributed by atoms with E-state index in [1.54, 1.807) is 44.4 Å². The minimum absolute atomic E-state index is 0.0155. The van der Waals surface area contributed by atoms with Crippen molar-refractivity contribution in [2.24, 2.45) is 5.92 Å². The summed E-state index contributed by atoms with van der Waals surface area (Å²) in [5.74, 6) is 0.512. The quantitative estimate of drug-likeness (QED) is 0.727. The molecule has 1 aliphatic heterocycles. The Morgan fingerprint density at radius 1 is 1.14 bits per heavy atom. The summed E-state index contributed by atoms with van der Waals surface area (Å²) in [7, 11) is 1.60. The Kier molecular flexibility index (Phi) is 6.99. The van der Waals surface area contributed by atoms with Gasteiger partial charge in [0.05, 0.1) is 13.7 Å². The van der Waals surface area contributed by atoms with Gasteiger partial charge >= 0.3 is 0 Å². The number of hydrogen-bond acceptors (Lipinski definition) is 4. The summed E-state index contributed by atoms with van der Waals surface area (Å²) in [6, 6.07) is 12.2. The Bertz CT molecular complexity index is 859. The number of carbonyl (C=O) groups excluding carboxylic acids is 2. The van der Waals surface area contributed by atoms with E-state index in [0.29, 0.717) is 30.8 Å². The van der Waals surface area contributed by atoms with E-state index in [9.17, 15) is 14.0 Å². The van der Waals surface area contributed by atoms with Crippen LogP contribution in [0, 0.1) is 18.7 Å². The number of benzene rings is 2. The van der Waals surface area contributed by atoms with Crippen LogP contribution in [0.15, 0.2) is 42.5 Å². The second kappa shape index (κ2) is 9.65. The average Bonchev–Trinajstić information content (AvgIpc) is 2.74. The van der Waals surface area contributed by atoms with Crippen molar-refractivity contribution in [2.45, 2.75) is 26.3 Å². The molecule has 0 unspecified atom stereocenters. The number of piperidine rings is 1. The highest BCUT2D eigenvalue weighted by molar-refractivity contribution is 5.98. The molecule has 0 radical (unpaired) electrons. The van der Waals surface area contributed by atoms with Gasteiger partial charge in [0.25, 0.3) is 0 Å². The number of Topliss-reactive ketones (excluding diaryl/α,β-unsaturated/α-hetero) is 1. The molecule has 1 saturated heterocycles. The molecule has 1 fully saturated rings. The fraction of sp³-hybridized carbons (Fsp3) is 0.391. The molecule has 154 valence electrons. The Balaban J connectivity index is 1.43. The van der Waals surface area contributed by atoms with E-state index < -0.39 is 0 Å². The number of nitrogens with one attached hydrogen (secondary N) is 1. The lowest BCUT2D eigenvalue weighted by Gasteiger charge is -2.30. The zero-order valence-electron chi connectivity index (χ0n) is 16.9. The van der Waals surface area contributed by atoms with Gasteiger partial charge in [0, 0.05) is 18.0 Å². The van der Waals surface area contributed by atoms with Crippen LogP contribution in [-0.2, 0) is 11.3 Å². The van der Waals surface area contributed by atoms with Gasteiger partial charge in [-0.3, -0.25) is 14.5 Å². The summed E-state index contributed by atoms with van der Waals surface area (Å²) < 4.78 is 18.7. The number of rotatable bonds is 7. The number of likely N-dealkylation sites (tertiary alicyclic amines) is 1. The van der Waals surface area contributed by atoms with Crippen LogP contribution in [0.1, 0.15) is 34.3 Å². The summed E-state index contributed by atoms with van der Waals surface area (Å²) >= 11 is 0. The molecule has 2 aromatic rings. The fourth-order valence-corrected chi connectivity index (χ4v) is 3.55. The standard InChI is InChI=1S/C23H27FN2O3/c1-16-3-4-17(13-21(16)24)14-25-22(27)15-26-11-9-19(10-12-26)23(28)18-5-7-20(29-2)8-6-18/h3-8,13,19H,9-12,14-15H2,1-2H3,(H,25,27). The van der Waals surface area contributed by atoms with Crippen molar-refractivity contribution >= 4 is 11.7 Å². The van der Waals surface area contributed by atoms with Gasteiger partial charge in [0.1, 0.15) is 11.6 Å². The third-order valence-corrected chi connectivity index (χ3v) is 5.43. The molecule has 5 nitrogen and oxygen atoms in total. The molecule has 0 aliphatic carbocycles. The molecule has 2 aromatic carbocycles. The molecule has 1 N–H and O–H groups in total. The number of ether oxygens (including phenoxy) is 1. The van der Waals surface area contributed by atoms with Crippen molar-refractivity contribution in [3.63, 3.8) is 0 Å². The van der Waals surface area contributed by atoms with Crippen molar-refractivity contribution in [1.82, 2.24) is 10.2 Å². The van der Waals surface area contributed by atoms with Gasteiger partial charge in [0.2, 0.25) is 5.91 Å². The molecular formula is C23H27FN2O3. The second-order valence-electron chi connectivity index (χ2n) is 7.50. The second-order valence-corrected chi connectivity index (χ2v) is 7.50. The zero-order valence-corrected chi connectivity index (χ0v) is 16.9. The van der Waals surface area contributed by atoms with Gasteiger partial charge in [-0.15, -0.1) is 0 Å². The van der Waals surface area contributed by atoms with E-state index in [1.165, 1.54) is 6.07 Å². The number of nitrogens with zero attached hydrogens (tertiary/aromatic N) is 1. The van der Waals surface area contributed by atoms with Crippen LogP contribution in [-0.4, -0.2) is 43.3 Å². The summed E-state index contributed by atoms with van der Waals surface area (Å²) in [4.78, 5) is 26.9. The maximum atomic E-state index is 13.6. The Hall–Kier alpha value is -2.73. The maximum absolute atomic E-state index is 13.6. The molecular weight excluding hydrogens is 371 g/mol. The molecule has 29 heavy (non-hydrogen) atoms. The number of methoxy groups -OCH3 is 1. The summed E-state index contributed by atoms with van der Waals surface area (Å²) in [6.45, 7) is 3.72. The number of ketones is 1. The predicted octanol–water partition coefficient (Wildman–Crippen LogP) is 3.35. The summed E-state index contributed by atoms with van der Waals surface area (Å²) in [5, 5.41) is 2.84. The highest BCUT2D eigenvalue weighted by Gasteiger charge is 2.26. The molecule has 6 heteroatoms. The van der Waals surface area contributed by atoms with Gasteiger partial charge in [-0.1, -0.05) is 12.1 Å². The van der Waals surface area contributed by atoms with E-state index in [1.807, 2.05) is 6.07 Å². The number of carbonyl (C=O) groups is 2. The van der Waals surface area contributed by atoms with Crippen LogP contribution >= 0.6 is 0 Å². The topological polar surface area (TPSA) is 58.6 Å². The first-order chi connectivity index (χ1) is 14.0. The SMILES string of the molecule is COc1ccc(C(=O)C2CCN(CC(=O)NCc3ccc(C)c(F)c3)CC2)cc1. The van der Waals surface area contributed by atoms with E-state index >= 15 is 0 Å². The van der Waals surface area contributed by atoms with Crippen molar-refractivity contribution in [2.75, 3.05) is 26.7 Å². The lowest BCUT2D eigenvalue weighted by molar-refractivity contribution is -0.122. The molecule has 0 spiro atoms. The number of aryl methyl sites for hydroxylation is 1. The molecule has 1 amide bonds. The number of amides is 1. The first-order valence-corrected chi connectivity index (χ1v) is 9.88. The van der Waals surface area contributed by atoms with Crippen LogP contribution in [0.4, 0.5) is 4.39 Å². The van der Waals surface area contributed by atoms with E-state index in [2.05, 4.69) is 10.2 Å². The fourth-order valence-electron chi connectivity index (χ4n) is 3.55. The third kappa shape index (κ3) is 5.64. The van der Waals surface area contributed by atoms with Gasteiger partial charge in [0.15, 0.2) is 5.78 Å². The molecule has 0 atom stereocenters. The smallest absolute Gasteiger partial charge is 0.234 e. The summed E-state index contributed by atoms with van der Waals surface area (Å²) in [5.41, 5.74) is 2.03.